The second-order valence-electron chi connectivity index (χ2n) is 7.41. The number of nitrogens with zero attached hydrogens (tertiary/aromatic N) is 2. The van der Waals surface area contributed by atoms with Crippen LogP contribution in [0.15, 0.2) is 72.6 Å². The fourth-order valence-electron chi connectivity index (χ4n) is 3.87. The fourth-order valence-corrected chi connectivity index (χ4v) is 4.13. The summed E-state index contributed by atoms with van der Waals surface area (Å²) in [5.41, 5.74) is 1.71. The lowest BCUT2D eigenvalue weighted by Crippen LogP contribution is -2.29. The monoisotopic (exact) mass is 464 g/mol. The van der Waals surface area contributed by atoms with Crippen LogP contribution in [0.3, 0.4) is 0 Å². The molecule has 1 saturated heterocycles. The summed E-state index contributed by atoms with van der Waals surface area (Å²) in [5, 5.41) is 11.4. The van der Waals surface area contributed by atoms with Gasteiger partial charge in [0.05, 0.1) is 30.9 Å². The number of halogens is 1. The Hall–Kier alpha value is -3.84. The van der Waals surface area contributed by atoms with Crippen LogP contribution in [0.2, 0.25) is 5.02 Å². The smallest absolute Gasteiger partial charge is 0.295 e. The van der Waals surface area contributed by atoms with E-state index >= 15 is 0 Å². The van der Waals surface area contributed by atoms with Gasteiger partial charge in [0.1, 0.15) is 17.3 Å². The zero-order chi connectivity index (χ0) is 23.5. The third-order valence-electron chi connectivity index (χ3n) is 5.47. The molecule has 33 heavy (non-hydrogen) atoms. The quantitative estimate of drug-likeness (QED) is 0.331. The van der Waals surface area contributed by atoms with E-state index in [2.05, 4.69) is 4.98 Å². The van der Waals surface area contributed by atoms with Crippen molar-refractivity contribution in [2.24, 2.45) is 0 Å². The predicted molar refractivity (Wildman–Crippen MR) is 123 cm³/mol. The molecule has 1 N–H and O–H groups in total. The Balaban J connectivity index is 1.83. The van der Waals surface area contributed by atoms with Gasteiger partial charge in [-0.1, -0.05) is 23.7 Å². The molecular weight excluding hydrogens is 444 g/mol. The molecule has 1 aliphatic rings. The Morgan fingerprint density at radius 3 is 2.48 bits per heavy atom. The summed E-state index contributed by atoms with van der Waals surface area (Å²) in [5.74, 6) is -0.729. The number of ether oxygens (including phenoxy) is 2. The molecule has 3 aromatic rings. The molecule has 0 spiro atoms. The fraction of sp³-hybridized carbons (Fsp3) is 0.160. The van der Waals surface area contributed by atoms with Crippen molar-refractivity contribution in [2.75, 3.05) is 14.2 Å². The van der Waals surface area contributed by atoms with Crippen molar-refractivity contribution in [2.45, 2.75) is 12.6 Å². The van der Waals surface area contributed by atoms with Crippen LogP contribution >= 0.6 is 11.6 Å². The lowest BCUT2D eigenvalue weighted by atomic mass is 9.95. The standard InChI is InChI=1S/C25H21ClN2O5/c1-32-18-5-3-4-15(12-18)14-28-22(16-8-10-27-11-9-16)21(24(30)25(28)31)23(29)17-6-7-20(33-2)19(26)13-17/h3-13,22,29H,14H2,1-2H3/b23-21-. The molecule has 1 unspecified atom stereocenters. The van der Waals surface area contributed by atoms with Crippen molar-refractivity contribution < 1.29 is 24.2 Å². The Morgan fingerprint density at radius 2 is 1.82 bits per heavy atom. The average molecular weight is 465 g/mol. The Kier molecular flexibility index (Phi) is 6.33. The molecule has 8 heteroatoms. The van der Waals surface area contributed by atoms with Crippen molar-refractivity contribution in [3.63, 3.8) is 0 Å². The van der Waals surface area contributed by atoms with Gasteiger partial charge in [0, 0.05) is 24.5 Å². The second-order valence-corrected chi connectivity index (χ2v) is 7.82. The van der Waals surface area contributed by atoms with Crippen molar-refractivity contribution in [1.29, 1.82) is 0 Å². The highest BCUT2D eigenvalue weighted by molar-refractivity contribution is 6.46. The molecule has 2 aromatic carbocycles. The summed E-state index contributed by atoms with van der Waals surface area (Å²) in [6.07, 6.45) is 3.15. The van der Waals surface area contributed by atoms with E-state index in [1.54, 1.807) is 55.9 Å². The van der Waals surface area contributed by atoms with E-state index in [0.29, 0.717) is 22.6 Å². The van der Waals surface area contributed by atoms with E-state index < -0.39 is 17.7 Å². The molecule has 1 aliphatic heterocycles. The van der Waals surface area contributed by atoms with Crippen LogP contribution in [0.5, 0.6) is 11.5 Å². The summed E-state index contributed by atoms with van der Waals surface area (Å²) in [4.78, 5) is 31.7. The number of aromatic nitrogens is 1. The first-order valence-electron chi connectivity index (χ1n) is 10.1. The van der Waals surface area contributed by atoms with E-state index in [-0.39, 0.29) is 22.9 Å². The minimum Gasteiger partial charge on any atom is -0.507 e. The minimum absolute atomic E-state index is 0.0182. The first-order chi connectivity index (χ1) is 15.9. The third kappa shape index (κ3) is 4.27. The molecule has 0 bridgehead atoms. The van der Waals surface area contributed by atoms with Crippen molar-refractivity contribution >= 4 is 29.1 Å². The number of aliphatic hydroxyl groups is 1. The first-order valence-corrected chi connectivity index (χ1v) is 10.5. The van der Waals surface area contributed by atoms with Crippen molar-refractivity contribution in [3.8, 4) is 11.5 Å². The SMILES string of the molecule is COc1cccc(CN2C(=O)C(=O)/C(=C(\O)c3ccc(OC)c(Cl)c3)C2c2ccncc2)c1. The van der Waals surface area contributed by atoms with Gasteiger partial charge < -0.3 is 19.5 Å². The molecule has 1 fully saturated rings. The summed E-state index contributed by atoms with van der Waals surface area (Å²) in [7, 11) is 3.04. The maximum Gasteiger partial charge on any atom is 0.295 e. The average Bonchev–Trinajstić information content (AvgIpc) is 3.09. The van der Waals surface area contributed by atoms with E-state index in [0.717, 1.165) is 5.56 Å². The number of carbonyl (C=O) groups is 2. The minimum atomic E-state index is -0.805. The Bertz CT molecular complexity index is 1240. The molecule has 0 radical (unpaired) electrons. The molecule has 0 aliphatic carbocycles. The number of carbonyl (C=O) groups excluding carboxylic acids is 2. The van der Waals surface area contributed by atoms with Gasteiger partial charge in [-0.15, -0.1) is 0 Å². The van der Waals surface area contributed by atoms with Crippen molar-refractivity contribution in [1.82, 2.24) is 9.88 Å². The summed E-state index contributed by atoms with van der Waals surface area (Å²) in [6.45, 7) is 0.148. The van der Waals surface area contributed by atoms with Gasteiger partial charge in [-0.2, -0.15) is 0 Å². The number of benzene rings is 2. The molecule has 168 valence electrons. The topological polar surface area (TPSA) is 89.0 Å². The number of hydrogen-bond acceptors (Lipinski definition) is 6. The Labute approximate surface area is 195 Å². The molecule has 2 heterocycles. The molecule has 4 rings (SSSR count). The van der Waals surface area contributed by atoms with Gasteiger partial charge in [0.25, 0.3) is 11.7 Å². The molecule has 1 atom stereocenters. The third-order valence-corrected chi connectivity index (χ3v) is 5.77. The number of pyridine rings is 1. The summed E-state index contributed by atoms with van der Waals surface area (Å²) >= 11 is 6.22. The number of hydrogen-bond donors (Lipinski definition) is 1. The lowest BCUT2D eigenvalue weighted by molar-refractivity contribution is -0.140. The van der Waals surface area contributed by atoms with E-state index in [1.807, 2.05) is 12.1 Å². The van der Waals surface area contributed by atoms with Crippen LogP contribution in [0.1, 0.15) is 22.7 Å². The lowest BCUT2D eigenvalue weighted by Gasteiger charge is -2.25. The van der Waals surface area contributed by atoms with E-state index in [9.17, 15) is 14.7 Å². The maximum atomic E-state index is 13.1. The number of Topliss-reactive ketones (excluding diaryl/α,β-unsaturated/α-hetero) is 1. The Morgan fingerprint density at radius 1 is 1.06 bits per heavy atom. The van der Waals surface area contributed by atoms with Crippen molar-refractivity contribution in [3.05, 3.63) is 94.3 Å². The van der Waals surface area contributed by atoms with E-state index in [1.165, 1.54) is 18.1 Å². The zero-order valence-corrected chi connectivity index (χ0v) is 18.7. The van der Waals surface area contributed by atoms with Gasteiger partial charge in [-0.05, 0) is 53.6 Å². The van der Waals surface area contributed by atoms with Gasteiger partial charge >= 0.3 is 0 Å². The zero-order valence-electron chi connectivity index (χ0n) is 18.0. The normalized spacial score (nSPS) is 17.3. The molecule has 7 nitrogen and oxygen atoms in total. The number of methoxy groups -OCH3 is 2. The van der Waals surface area contributed by atoms with Crippen LogP contribution in [-0.4, -0.2) is 40.9 Å². The second kappa shape index (κ2) is 9.34. The highest BCUT2D eigenvalue weighted by Gasteiger charge is 2.46. The molecule has 0 saturated carbocycles. The highest BCUT2D eigenvalue weighted by atomic mass is 35.5. The molecule has 1 amide bonds. The van der Waals surface area contributed by atoms with E-state index in [4.69, 9.17) is 21.1 Å². The summed E-state index contributed by atoms with van der Waals surface area (Å²) < 4.78 is 10.4. The van der Waals surface area contributed by atoms with Crippen LogP contribution in [0, 0.1) is 0 Å². The maximum absolute atomic E-state index is 13.1. The van der Waals surface area contributed by atoms with Crippen LogP contribution in [-0.2, 0) is 16.1 Å². The van der Waals surface area contributed by atoms with Gasteiger partial charge in [-0.3, -0.25) is 14.6 Å². The summed E-state index contributed by atoms with van der Waals surface area (Å²) in [6, 6.07) is 14.5. The first kappa shape index (κ1) is 22.4. The number of ketones is 1. The van der Waals surface area contributed by atoms with Crippen LogP contribution < -0.4 is 9.47 Å². The molecular formula is C25H21ClN2O5. The van der Waals surface area contributed by atoms with Gasteiger partial charge in [0.2, 0.25) is 0 Å². The van der Waals surface area contributed by atoms with Crippen LogP contribution in [0.25, 0.3) is 5.76 Å². The predicted octanol–water partition coefficient (Wildman–Crippen LogP) is 4.37. The highest BCUT2D eigenvalue weighted by Crippen LogP contribution is 2.41. The van der Waals surface area contributed by atoms with Gasteiger partial charge in [-0.25, -0.2) is 0 Å². The van der Waals surface area contributed by atoms with Crippen LogP contribution in [0.4, 0.5) is 0 Å². The largest absolute Gasteiger partial charge is 0.507 e. The number of rotatable bonds is 6. The van der Waals surface area contributed by atoms with Gasteiger partial charge in [0.15, 0.2) is 0 Å². The number of aliphatic hydroxyl groups excluding tert-OH is 1. The number of likely N-dealkylation sites (tertiary alicyclic amines) is 1. The number of amides is 1. The molecule has 1 aromatic heterocycles.